The van der Waals surface area contributed by atoms with E-state index < -0.39 is 21.9 Å². The summed E-state index contributed by atoms with van der Waals surface area (Å²) < 4.78 is 65.0. The molecule has 4 rings (SSSR count). The Morgan fingerprint density at radius 2 is 1.88 bits per heavy atom. The third-order valence-electron chi connectivity index (χ3n) is 4.84. The lowest BCUT2D eigenvalue weighted by atomic mass is 10.1. The van der Waals surface area contributed by atoms with Gasteiger partial charge in [0.2, 0.25) is 10.0 Å². The molecule has 13 heteroatoms. The molecular weight excluding hydrogens is 479 g/mol. The number of carbonyl (C=O) groups excluding carboxylic acids is 1. The van der Waals surface area contributed by atoms with Gasteiger partial charge in [0.25, 0.3) is 5.91 Å². The highest BCUT2D eigenvalue weighted by atomic mass is 32.2. The Kier molecular flexibility index (Phi) is 6.10. The highest BCUT2D eigenvalue weighted by Crippen LogP contribution is 2.31. The largest absolute Gasteiger partial charge is 0.434 e. The third-order valence-corrected chi connectivity index (χ3v) is 7.61. The number of thiazole rings is 1. The molecule has 0 atom stereocenters. The summed E-state index contributed by atoms with van der Waals surface area (Å²) in [7, 11) is -1.84. The number of hydrogen-bond donors (Lipinski definition) is 1. The summed E-state index contributed by atoms with van der Waals surface area (Å²) in [5.74, 6) is -0.329. The maximum Gasteiger partial charge on any atom is 0.434 e. The fourth-order valence-electron chi connectivity index (χ4n) is 2.97. The minimum Gasteiger partial charge on any atom is -0.336 e. The molecule has 1 amide bonds. The van der Waals surface area contributed by atoms with Crippen LogP contribution < -0.4 is 4.72 Å². The molecule has 3 aromatic rings. The van der Waals surface area contributed by atoms with E-state index in [1.807, 2.05) is 0 Å². The number of benzene rings is 1. The van der Waals surface area contributed by atoms with E-state index in [2.05, 4.69) is 19.7 Å². The first-order valence-corrected chi connectivity index (χ1v) is 12.2. The number of nitrogens with one attached hydrogen (secondary N) is 1. The Bertz CT molecular complexity index is 1270. The zero-order valence-electron chi connectivity index (χ0n) is 17.2. The summed E-state index contributed by atoms with van der Waals surface area (Å²) in [5, 5.41) is 1.56. The van der Waals surface area contributed by atoms with E-state index in [0.29, 0.717) is 35.9 Å². The van der Waals surface area contributed by atoms with Crippen LogP contribution in [0.5, 0.6) is 0 Å². The second kappa shape index (κ2) is 8.71. The van der Waals surface area contributed by atoms with Crippen molar-refractivity contribution in [3.8, 4) is 11.3 Å². The average Bonchev–Trinajstić information content (AvgIpc) is 3.56. The van der Waals surface area contributed by atoms with Crippen molar-refractivity contribution in [2.75, 3.05) is 11.8 Å². The second-order valence-corrected chi connectivity index (χ2v) is 10.3. The molecule has 174 valence electrons. The zero-order chi connectivity index (χ0) is 23.8. The van der Waals surface area contributed by atoms with Crippen LogP contribution in [0.15, 0.2) is 42.0 Å². The van der Waals surface area contributed by atoms with Gasteiger partial charge in [0.15, 0.2) is 10.8 Å². The smallest absolute Gasteiger partial charge is 0.336 e. The highest BCUT2D eigenvalue weighted by molar-refractivity contribution is 7.93. The highest BCUT2D eigenvalue weighted by Gasteiger charge is 2.36. The van der Waals surface area contributed by atoms with Gasteiger partial charge >= 0.3 is 6.18 Å². The van der Waals surface area contributed by atoms with Crippen LogP contribution in [-0.4, -0.2) is 46.5 Å². The lowest BCUT2D eigenvalue weighted by Gasteiger charge is -2.16. The van der Waals surface area contributed by atoms with Gasteiger partial charge in [0, 0.05) is 23.6 Å². The molecule has 8 nitrogen and oxygen atoms in total. The minimum atomic E-state index is -4.60. The predicted molar refractivity (Wildman–Crippen MR) is 116 cm³/mol. The van der Waals surface area contributed by atoms with Crippen molar-refractivity contribution < 1.29 is 26.4 Å². The summed E-state index contributed by atoms with van der Waals surface area (Å²) in [6.45, 7) is 0.154. The van der Waals surface area contributed by atoms with Gasteiger partial charge in [-0.2, -0.15) is 13.2 Å². The summed E-state index contributed by atoms with van der Waals surface area (Å²) >= 11 is 1.14. The van der Waals surface area contributed by atoms with Gasteiger partial charge in [-0.15, -0.1) is 11.3 Å². The predicted octanol–water partition coefficient (Wildman–Crippen LogP) is 3.80. The van der Waals surface area contributed by atoms with Crippen LogP contribution in [0.1, 0.15) is 34.6 Å². The van der Waals surface area contributed by atoms with Crippen molar-refractivity contribution >= 4 is 32.4 Å². The molecule has 0 spiro atoms. The van der Waals surface area contributed by atoms with E-state index >= 15 is 0 Å². The molecule has 1 aliphatic carbocycles. The normalized spacial score (nSPS) is 14.2. The maximum atomic E-state index is 12.9. The zero-order valence-corrected chi connectivity index (χ0v) is 18.8. The number of rotatable bonds is 7. The molecular formula is C20H18F3N5O3S2. The number of amides is 1. The van der Waals surface area contributed by atoms with E-state index in [1.165, 1.54) is 35.4 Å². The molecule has 2 heterocycles. The number of sulfonamides is 1. The Hall–Kier alpha value is -3.06. The topological polar surface area (TPSA) is 105 Å². The summed E-state index contributed by atoms with van der Waals surface area (Å²) in [6, 6.07) is 5.98. The number of alkyl halides is 3. The molecule has 0 radical (unpaired) electrons. The molecule has 1 aromatic carbocycles. The van der Waals surface area contributed by atoms with Crippen LogP contribution in [0.3, 0.4) is 0 Å². The van der Waals surface area contributed by atoms with E-state index in [1.54, 1.807) is 12.4 Å². The van der Waals surface area contributed by atoms with Crippen LogP contribution in [0.4, 0.5) is 18.3 Å². The van der Waals surface area contributed by atoms with Gasteiger partial charge in [-0.1, -0.05) is 12.1 Å². The second-order valence-electron chi connectivity index (χ2n) is 7.52. The fourth-order valence-corrected chi connectivity index (χ4v) is 5.27. The average molecular weight is 498 g/mol. The molecule has 0 unspecified atom stereocenters. The van der Waals surface area contributed by atoms with E-state index in [0.717, 1.165) is 11.3 Å². The van der Waals surface area contributed by atoms with Crippen molar-refractivity contribution in [1.82, 2.24) is 19.9 Å². The molecule has 0 bridgehead atoms. The summed E-state index contributed by atoms with van der Waals surface area (Å²) in [5.41, 5.74) is 0.189. The number of halogens is 3. The molecule has 2 aromatic heterocycles. The summed E-state index contributed by atoms with van der Waals surface area (Å²) in [4.78, 5) is 25.5. The number of anilines is 1. The van der Waals surface area contributed by atoms with E-state index in [4.69, 9.17) is 0 Å². The first kappa shape index (κ1) is 23.1. The fraction of sp³-hybridized carbons (Fsp3) is 0.300. The Labute approximate surface area is 191 Å². The first-order chi connectivity index (χ1) is 15.5. The Balaban J connectivity index is 1.41. The standard InChI is InChI=1S/C20H18F3N5O3S2/c1-28(10-14-11-32-19(25-14)27-33(30,31)15-6-7-15)18(29)13-4-2-12(3-5-13)16-8-24-9-17(26-16)20(21,22)23/h2-5,8-9,11,15H,6-7,10H2,1H3,(H,25,27). The van der Waals surface area contributed by atoms with Gasteiger partial charge in [0.1, 0.15) is 0 Å². The molecule has 1 N–H and O–H groups in total. The van der Waals surface area contributed by atoms with Crippen molar-refractivity contribution in [2.45, 2.75) is 30.8 Å². The molecule has 0 saturated heterocycles. The molecule has 1 saturated carbocycles. The van der Waals surface area contributed by atoms with Crippen LogP contribution in [0.2, 0.25) is 0 Å². The van der Waals surface area contributed by atoms with Crippen molar-refractivity contribution in [3.05, 3.63) is 59.0 Å². The SMILES string of the molecule is CN(Cc1csc(NS(=O)(=O)C2CC2)n1)C(=O)c1ccc(-c2cncc(C(F)(F)F)n2)cc1. The Morgan fingerprint density at radius 3 is 2.52 bits per heavy atom. The van der Waals surface area contributed by atoms with Crippen molar-refractivity contribution in [1.29, 1.82) is 0 Å². The number of aromatic nitrogens is 3. The van der Waals surface area contributed by atoms with Crippen LogP contribution >= 0.6 is 11.3 Å². The summed E-state index contributed by atoms with van der Waals surface area (Å²) in [6.07, 6.45) is -1.45. The lowest BCUT2D eigenvalue weighted by molar-refractivity contribution is -0.141. The maximum absolute atomic E-state index is 12.9. The molecule has 1 aliphatic rings. The van der Waals surface area contributed by atoms with E-state index in [-0.39, 0.29) is 28.5 Å². The first-order valence-electron chi connectivity index (χ1n) is 9.74. The van der Waals surface area contributed by atoms with Gasteiger partial charge in [-0.05, 0) is 25.0 Å². The number of hydrogen-bond acceptors (Lipinski definition) is 7. The van der Waals surface area contributed by atoms with Crippen molar-refractivity contribution in [3.63, 3.8) is 0 Å². The van der Waals surface area contributed by atoms with Gasteiger partial charge < -0.3 is 4.90 Å². The van der Waals surface area contributed by atoms with E-state index in [9.17, 15) is 26.4 Å². The Morgan fingerprint density at radius 1 is 1.18 bits per heavy atom. The molecule has 1 fully saturated rings. The van der Waals surface area contributed by atoms with Crippen molar-refractivity contribution in [2.24, 2.45) is 0 Å². The van der Waals surface area contributed by atoms with Gasteiger partial charge in [-0.25, -0.2) is 18.4 Å². The lowest BCUT2D eigenvalue weighted by Crippen LogP contribution is -2.26. The number of carbonyl (C=O) groups is 1. The third kappa shape index (κ3) is 5.47. The molecule has 33 heavy (non-hydrogen) atoms. The minimum absolute atomic E-state index is 0.0424. The number of nitrogens with zero attached hydrogens (tertiary/aromatic N) is 4. The molecule has 0 aliphatic heterocycles. The monoisotopic (exact) mass is 497 g/mol. The van der Waals surface area contributed by atoms with Crippen LogP contribution in [0, 0.1) is 0 Å². The van der Waals surface area contributed by atoms with Crippen LogP contribution in [-0.2, 0) is 22.7 Å². The van der Waals surface area contributed by atoms with Gasteiger partial charge in [0.05, 0.1) is 35.6 Å². The van der Waals surface area contributed by atoms with Gasteiger partial charge in [-0.3, -0.25) is 14.5 Å². The quantitative estimate of drug-likeness (QED) is 0.533. The van der Waals surface area contributed by atoms with Crippen LogP contribution in [0.25, 0.3) is 11.3 Å².